The Morgan fingerprint density at radius 3 is 2.60 bits per heavy atom. The molecule has 5 heteroatoms. The number of unbranched alkanes of at least 4 members (excludes halogenated alkanes) is 1. The molecular weight excluding hydrogens is 252 g/mol. The van der Waals surface area contributed by atoms with Gasteiger partial charge in [-0.1, -0.05) is 34.1 Å². The SMILES string of the molecule is CCCCOc1nc(CC)nc(NCCC(C)C)c1N. The van der Waals surface area contributed by atoms with Gasteiger partial charge in [0.1, 0.15) is 11.5 Å². The molecular formula is C15H28N4O. The minimum Gasteiger partial charge on any atom is -0.476 e. The zero-order valence-electron chi connectivity index (χ0n) is 13.2. The fourth-order valence-corrected chi connectivity index (χ4v) is 1.69. The minimum atomic E-state index is 0.511. The number of nitrogens with one attached hydrogen (secondary N) is 1. The molecule has 1 heterocycles. The first-order valence-corrected chi connectivity index (χ1v) is 7.61. The van der Waals surface area contributed by atoms with Crippen molar-refractivity contribution in [1.82, 2.24) is 9.97 Å². The molecule has 5 nitrogen and oxygen atoms in total. The molecule has 0 aliphatic heterocycles. The average Bonchev–Trinajstić information content (AvgIpc) is 2.42. The van der Waals surface area contributed by atoms with Gasteiger partial charge in [0.15, 0.2) is 5.82 Å². The van der Waals surface area contributed by atoms with Gasteiger partial charge in [0, 0.05) is 13.0 Å². The number of rotatable bonds is 9. The van der Waals surface area contributed by atoms with Crippen molar-refractivity contribution in [3.63, 3.8) is 0 Å². The highest BCUT2D eigenvalue weighted by molar-refractivity contribution is 5.66. The highest BCUT2D eigenvalue weighted by Gasteiger charge is 2.12. The van der Waals surface area contributed by atoms with E-state index in [1.165, 1.54) is 0 Å². The lowest BCUT2D eigenvalue weighted by Crippen LogP contribution is -2.12. The molecule has 0 saturated heterocycles. The summed E-state index contributed by atoms with van der Waals surface area (Å²) in [5.74, 6) is 2.62. The summed E-state index contributed by atoms with van der Waals surface area (Å²) in [4.78, 5) is 8.82. The molecule has 1 aromatic rings. The van der Waals surface area contributed by atoms with Crippen LogP contribution < -0.4 is 15.8 Å². The monoisotopic (exact) mass is 280 g/mol. The molecule has 3 N–H and O–H groups in total. The summed E-state index contributed by atoms with van der Waals surface area (Å²) in [6.45, 7) is 10.1. The first-order valence-electron chi connectivity index (χ1n) is 7.61. The average molecular weight is 280 g/mol. The molecule has 0 radical (unpaired) electrons. The summed E-state index contributed by atoms with van der Waals surface area (Å²) in [5, 5.41) is 3.29. The van der Waals surface area contributed by atoms with Crippen LogP contribution in [0.1, 0.15) is 52.8 Å². The summed E-state index contributed by atoms with van der Waals surface area (Å²) < 4.78 is 5.67. The van der Waals surface area contributed by atoms with E-state index in [4.69, 9.17) is 10.5 Å². The number of aromatic nitrogens is 2. The van der Waals surface area contributed by atoms with Crippen molar-refractivity contribution >= 4 is 11.5 Å². The van der Waals surface area contributed by atoms with Crippen LogP contribution in [0.15, 0.2) is 0 Å². The second-order valence-electron chi connectivity index (χ2n) is 5.37. The van der Waals surface area contributed by atoms with Crippen LogP contribution in [-0.2, 0) is 6.42 Å². The van der Waals surface area contributed by atoms with Crippen LogP contribution in [0, 0.1) is 5.92 Å². The standard InChI is InChI=1S/C15H28N4O/c1-5-7-10-20-15-13(16)14(17-9-8-11(3)4)18-12(6-2)19-15/h11H,5-10,16H2,1-4H3,(H,17,18,19). The first kappa shape index (κ1) is 16.5. The van der Waals surface area contributed by atoms with Gasteiger partial charge in [0.05, 0.1) is 6.61 Å². The highest BCUT2D eigenvalue weighted by Crippen LogP contribution is 2.26. The van der Waals surface area contributed by atoms with Crippen LogP contribution in [-0.4, -0.2) is 23.1 Å². The van der Waals surface area contributed by atoms with E-state index in [0.717, 1.165) is 38.1 Å². The number of nitrogens with zero attached hydrogens (tertiary/aromatic N) is 2. The lowest BCUT2D eigenvalue weighted by molar-refractivity contribution is 0.298. The van der Waals surface area contributed by atoms with Crippen molar-refractivity contribution in [3.8, 4) is 5.88 Å². The molecule has 0 fully saturated rings. The predicted molar refractivity (Wildman–Crippen MR) is 84.2 cm³/mol. The summed E-state index contributed by atoms with van der Waals surface area (Å²) in [7, 11) is 0. The van der Waals surface area contributed by atoms with Gasteiger partial charge in [0.25, 0.3) is 0 Å². The lowest BCUT2D eigenvalue weighted by Gasteiger charge is -2.14. The molecule has 0 aliphatic rings. The second-order valence-corrected chi connectivity index (χ2v) is 5.37. The van der Waals surface area contributed by atoms with Crippen molar-refractivity contribution in [2.45, 2.75) is 53.4 Å². The molecule has 0 bridgehead atoms. The number of aryl methyl sites for hydroxylation is 1. The third-order valence-electron chi connectivity index (χ3n) is 3.02. The maximum Gasteiger partial charge on any atom is 0.242 e. The Morgan fingerprint density at radius 1 is 1.25 bits per heavy atom. The number of ether oxygens (including phenoxy) is 1. The fourth-order valence-electron chi connectivity index (χ4n) is 1.69. The molecule has 0 aromatic carbocycles. The van der Waals surface area contributed by atoms with Gasteiger partial charge in [-0.3, -0.25) is 0 Å². The molecule has 0 saturated carbocycles. The Morgan fingerprint density at radius 2 is 2.00 bits per heavy atom. The molecule has 0 spiro atoms. The Bertz CT molecular complexity index is 407. The quantitative estimate of drug-likeness (QED) is 0.679. The fraction of sp³-hybridized carbons (Fsp3) is 0.733. The molecule has 0 atom stereocenters. The Balaban J connectivity index is 2.78. The Labute approximate surface area is 122 Å². The molecule has 0 aliphatic carbocycles. The van der Waals surface area contributed by atoms with E-state index in [0.29, 0.717) is 29.9 Å². The van der Waals surface area contributed by atoms with E-state index in [-0.39, 0.29) is 0 Å². The summed E-state index contributed by atoms with van der Waals surface area (Å²) in [6.07, 6.45) is 3.94. The van der Waals surface area contributed by atoms with Gasteiger partial charge < -0.3 is 15.8 Å². The maximum atomic E-state index is 6.09. The van der Waals surface area contributed by atoms with Crippen LogP contribution in [0.5, 0.6) is 5.88 Å². The van der Waals surface area contributed by atoms with E-state index in [1.807, 2.05) is 6.92 Å². The van der Waals surface area contributed by atoms with E-state index in [9.17, 15) is 0 Å². The van der Waals surface area contributed by atoms with Crippen LogP contribution in [0.3, 0.4) is 0 Å². The van der Waals surface area contributed by atoms with Crippen molar-refractivity contribution in [2.24, 2.45) is 5.92 Å². The molecule has 114 valence electrons. The Kier molecular flexibility index (Phi) is 7.12. The van der Waals surface area contributed by atoms with Gasteiger partial charge in [0.2, 0.25) is 5.88 Å². The van der Waals surface area contributed by atoms with Gasteiger partial charge >= 0.3 is 0 Å². The number of hydrogen-bond acceptors (Lipinski definition) is 5. The number of anilines is 2. The van der Waals surface area contributed by atoms with Crippen molar-refractivity contribution in [3.05, 3.63) is 5.82 Å². The third-order valence-corrected chi connectivity index (χ3v) is 3.02. The Hall–Kier alpha value is -1.52. The summed E-state index contributed by atoms with van der Waals surface area (Å²) in [6, 6.07) is 0. The molecule has 1 rings (SSSR count). The zero-order valence-corrected chi connectivity index (χ0v) is 13.2. The molecule has 20 heavy (non-hydrogen) atoms. The second kappa shape index (κ2) is 8.61. The number of nitrogen functional groups attached to an aromatic ring is 1. The van der Waals surface area contributed by atoms with Crippen LogP contribution in [0.4, 0.5) is 11.5 Å². The number of nitrogens with two attached hydrogens (primary N) is 1. The van der Waals surface area contributed by atoms with Gasteiger partial charge in [-0.15, -0.1) is 0 Å². The topological polar surface area (TPSA) is 73.1 Å². The van der Waals surface area contributed by atoms with Crippen molar-refractivity contribution in [1.29, 1.82) is 0 Å². The van der Waals surface area contributed by atoms with Crippen molar-refractivity contribution in [2.75, 3.05) is 24.2 Å². The highest BCUT2D eigenvalue weighted by atomic mass is 16.5. The van der Waals surface area contributed by atoms with Crippen LogP contribution in [0.25, 0.3) is 0 Å². The molecule has 0 amide bonds. The van der Waals surface area contributed by atoms with Crippen molar-refractivity contribution < 1.29 is 4.74 Å². The van der Waals surface area contributed by atoms with Gasteiger partial charge in [-0.05, 0) is 18.8 Å². The molecule has 1 aromatic heterocycles. The maximum absolute atomic E-state index is 6.09. The van der Waals surface area contributed by atoms with E-state index in [2.05, 4.69) is 36.1 Å². The van der Waals surface area contributed by atoms with E-state index in [1.54, 1.807) is 0 Å². The van der Waals surface area contributed by atoms with Crippen LogP contribution in [0.2, 0.25) is 0 Å². The predicted octanol–water partition coefficient (Wildman–Crippen LogP) is 3.26. The summed E-state index contributed by atoms with van der Waals surface area (Å²) >= 11 is 0. The van der Waals surface area contributed by atoms with E-state index >= 15 is 0 Å². The van der Waals surface area contributed by atoms with Gasteiger partial charge in [-0.2, -0.15) is 4.98 Å². The van der Waals surface area contributed by atoms with Gasteiger partial charge in [-0.25, -0.2) is 4.98 Å². The third kappa shape index (κ3) is 5.23. The lowest BCUT2D eigenvalue weighted by atomic mass is 10.1. The largest absolute Gasteiger partial charge is 0.476 e. The summed E-state index contributed by atoms with van der Waals surface area (Å²) in [5.41, 5.74) is 6.61. The zero-order chi connectivity index (χ0) is 15.0. The van der Waals surface area contributed by atoms with E-state index < -0.39 is 0 Å². The minimum absolute atomic E-state index is 0.511. The normalized spacial score (nSPS) is 10.8. The smallest absolute Gasteiger partial charge is 0.242 e. The van der Waals surface area contributed by atoms with Crippen LogP contribution >= 0.6 is 0 Å². The number of hydrogen-bond donors (Lipinski definition) is 2. The molecule has 0 unspecified atom stereocenters. The first-order chi connectivity index (χ1) is 9.58.